The summed E-state index contributed by atoms with van der Waals surface area (Å²) in [4.78, 5) is 32.3. The van der Waals surface area contributed by atoms with Crippen molar-refractivity contribution in [3.63, 3.8) is 0 Å². The van der Waals surface area contributed by atoms with Gasteiger partial charge in [-0.25, -0.2) is 4.98 Å². The van der Waals surface area contributed by atoms with Crippen molar-refractivity contribution in [2.24, 2.45) is 0 Å². The lowest BCUT2D eigenvalue weighted by Gasteiger charge is -2.17. The molecule has 0 spiro atoms. The van der Waals surface area contributed by atoms with Gasteiger partial charge in [0, 0.05) is 24.5 Å². The topological polar surface area (TPSA) is 88.2 Å². The Morgan fingerprint density at radius 3 is 2.71 bits per heavy atom. The summed E-state index contributed by atoms with van der Waals surface area (Å²) in [6, 6.07) is 9.48. The number of nitrogens with zero attached hydrogens (tertiary/aromatic N) is 4. The lowest BCUT2D eigenvalue weighted by Crippen LogP contribution is -2.35. The Bertz CT molecular complexity index is 1110. The number of carbonyl (C=O) groups excluding carboxylic acids is 1. The van der Waals surface area contributed by atoms with Crippen molar-refractivity contribution in [1.82, 2.24) is 14.5 Å². The Balaban J connectivity index is 2.02. The largest absolute Gasteiger partial charge is 0.497 e. The number of thiophene rings is 1. The van der Waals surface area contributed by atoms with Gasteiger partial charge in [0.2, 0.25) is 5.91 Å². The van der Waals surface area contributed by atoms with Crippen molar-refractivity contribution in [3.8, 4) is 22.9 Å². The average Bonchev–Trinajstić information content (AvgIpc) is 3.12. The zero-order valence-electron chi connectivity index (χ0n) is 15.9. The molecule has 0 atom stereocenters. The van der Waals surface area contributed by atoms with Gasteiger partial charge in [0.05, 0.1) is 25.0 Å². The fourth-order valence-corrected chi connectivity index (χ4v) is 3.88. The van der Waals surface area contributed by atoms with Crippen molar-refractivity contribution in [2.45, 2.75) is 19.9 Å². The number of nitriles is 1. The number of methoxy groups -OCH3 is 1. The number of ether oxygens (including phenoxy) is 1. The Labute approximate surface area is 166 Å². The molecule has 0 saturated heterocycles. The Kier molecular flexibility index (Phi) is 5.76. The molecule has 28 heavy (non-hydrogen) atoms. The van der Waals surface area contributed by atoms with Crippen molar-refractivity contribution in [3.05, 3.63) is 45.8 Å². The summed E-state index contributed by atoms with van der Waals surface area (Å²) in [6.07, 6.45) is 0.250. The molecule has 7 nitrogen and oxygen atoms in total. The summed E-state index contributed by atoms with van der Waals surface area (Å²) >= 11 is 1.40. The molecule has 2 heterocycles. The van der Waals surface area contributed by atoms with Crippen LogP contribution in [-0.2, 0) is 11.3 Å². The number of benzene rings is 1. The molecule has 0 aliphatic rings. The molecule has 3 rings (SSSR count). The van der Waals surface area contributed by atoms with Crippen LogP contribution in [0, 0.1) is 18.3 Å². The molecule has 2 aromatic heterocycles. The molecular weight excluding hydrogens is 376 g/mol. The molecule has 0 aliphatic heterocycles. The quantitative estimate of drug-likeness (QED) is 0.639. The number of amides is 1. The molecule has 8 heteroatoms. The average molecular weight is 396 g/mol. The van der Waals surface area contributed by atoms with E-state index >= 15 is 0 Å². The zero-order chi connectivity index (χ0) is 20.3. The maximum Gasteiger partial charge on any atom is 0.263 e. The molecule has 3 aromatic rings. The van der Waals surface area contributed by atoms with Crippen LogP contribution in [0.3, 0.4) is 0 Å². The van der Waals surface area contributed by atoms with E-state index in [2.05, 4.69) is 4.98 Å². The number of likely N-dealkylation sites (N-methyl/N-ethyl adjacent to an activating group) is 1. The van der Waals surface area contributed by atoms with Crippen LogP contribution in [0.2, 0.25) is 0 Å². The lowest BCUT2D eigenvalue weighted by molar-refractivity contribution is -0.130. The van der Waals surface area contributed by atoms with Gasteiger partial charge >= 0.3 is 0 Å². The second-order valence-corrected chi connectivity index (χ2v) is 7.19. The molecular formula is C20H20N4O3S. The van der Waals surface area contributed by atoms with Gasteiger partial charge in [-0.2, -0.15) is 5.26 Å². The van der Waals surface area contributed by atoms with E-state index in [1.165, 1.54) is 20.8 Å². The lowest BCUT2D eigenvalue weighted by atomic mass is 10.1. The van der Waals surface area contributed by atoms with Crippen molar-refractivity contribution in [2.75, 3.05) is 20.7 Å². The smallest absolute Gasteiger partial charge is 0.263 e. The first-order valence-corrected chi connectivity index (χ1v) is 9.58. The second-order valence-electron chi connectivity index (χ2n) is 6.33. The molecule has 0 N–H and O–H groups in total. The number of fused-ring (bicyclic) bond motifs is 1. The van der Waals surface area contributed by atoms with Gasteiger partial charge in [-0.05, 0) is 24.6 Å². The van der Waals surface area contributed by atoms with Crippen LogP contribution >= 0.6 is 11.3 Å². The van der Waals surface area contributed by atoms with E-state index in [9.17, 15) is 9.59 Å². The number of hydrogen-bond donors (Lipinski definition) is 0. The summed E-state index contributed by atoms with van der Waals surface area (Å²) in [5.74, 6) is 0.992. The number of aromatic nitrogens is 2. The van der Waals surface area contributed by atoms with Crippen LogP contribution in [0.4, 0.5) is 0 Å². The van der Waals surface area contributed by atoms with E-state index < -0.39 is 0 Å². The second kappa shape index (κ2) is 8.23. The summed E-state index contributed by atoms with van der Waals surface area (Å²) in [6.45, 7) is 1.94. The van der Waals surface area contributed by atoms with Crippen molar-refractivity contribution >= 4 is 27.5 Å². The van der Waals surface area contributed by atoms with E-state index in [0.717, 1.165) is 16.9 Å². The fraction of sp³-hybridized carbons (Fsp3) is 0.300. The van der Waals surface area contributed by atoms with Gasteiger partial charge in [-0.3, -0.25) is 14.2 Å². The summed E-state index contributed by atoms with van der Waals surface area (Å²) < 4.78 is 6.58. The van der Waals surface area contributed by atoms with Gasteiger partial charge in [-0.15, -0.1) is 11.3 Å². The third kappa shape index (κ3) is 3.75. The Hall–Kier alpha value is -3.18. The third-order valence-electron chi connectivity index (χ3n) is 4.56. The highest BCUT2D eigenvalue weighted by Crippen LogP contribution is 2.31. The third-order valence-corrected chi connectivity index (χ3v) is 5.44. The maximum atomic E-state index is 13.2. The molecule has 0 radical (unpaired) electrons. The summed E-state index contributed by atoms with van der Waals surface area (Å²) in [5, 5.41) is 11.1. The number of carbonyl (C=O) groups is 1. The first-order chi connectivity index (χ1) is 13.5. The van der Waals surface area contributed by atoms with Gasteiger partial charge in [-0.1, -0.05) is 12.1 Å². The molecule has 0 saturated carbocycles. The van der Waals surface area contributed by atoms with Crippen molar-refractivity contribution in [1.29, 1.82) is 5.26 Å². The normalized spacial score (nSPS) is 10.6. The Morgan fingerprint density at radius 1 is 1.36 bits per heavy atom. The monoisotopic (exact) mass is 396 g/mol. The minimum Gasteiger partial charge on any atom is -0.497 e. The van der Waals surface area contributed by atoms with E-state index in [4.69, 9.17) is 10.00 Å². The molecule has 144 valence electrons. The zero-order valence-corrected chi connectivity index (χ0v) is 16.7. The number of rotatable bonds is 6. The molecule has 0 bridgehead atoms. The van der Waals surface area contributed by atoms with Crippen molar-refractivity contribution < 1.29 is 9.53 Å². The van der Waals surface area contributed by atoms with Gasteiger partial charge in [0.15, 0.2) is 0 Å². The fourth-order valence-electron chi connectivity index (χ4n) is 2.89. The minimum absolute atomic E-state index is 0.104. The Morgan fingerprint density at radius 2 is 2.07 bits per heavy atom. The molecule has 0 fully saturated rings. The van der Waals surface area contributed by atoms with Crippen LogP contribution in [0.25, 0.3) is 21.3 Å². The molecule has 1 amide bonds. The predicted octanol–water partition coefficient (Wildman–Crippen LogP) is 2.81. The number of aryl methyl sites for hydroxylation is 1. The highest BCUT2D eigenvalue weighted by atomic mass is 32.1. The number of hydrogen-bond acceptors (Lipinski definition) is 6. The van der Waals surface area contributed by atoms with E-state index in [0.29, 0.717) is 22.6 Å². The van der Waals surface area contributed by atoms with Crippen LogP contribution < -0.4 is 10.3 Å². The van der Waals surface area contributed by atoms with E-state index in [1.807, 2.05) is 35.7 Å². The summed E-state index contributed by atoms with van der Waals surface area (Å²) in [7, 11) is 3.23. The van der Waals surface area contributed by atoms with E-state index in [1.54, 1.807) is 21.1 Å². The van der Waals surface area contributed by atoms with Gasteiger partial charge in [0.1, 0.15) is 22.9 Å². The first kappa shape index (κ1) is 19.6. The highest BCUT2D eigenvalue weighted by Gasteiger charge is 2.18. The van der Waals surface area contributed by atoms with Crippen LogP contribution in [0.1, 0.15) is 12.2 Å². The molecule has 0 unspecified atom stereocenters. The van der Waals surface area contributed by atoms with Gasteiger partial charge < -0.3 is 9.64 Å². The maximum absolute atomic E-state index is 13.2. The SMILES string of the molecule is COc1ccc(-c2csc3nc(C)n(CC(=O)N(C)CCC#N)c(=O)c23)cc1. The van der Waals surface area contributed by atoms with Crippen LogP contribution in [0.5, 0.6) is 5.75 Å². The summed E-state index contributed by atoms with van der Waals surface area (Å²) in [5.41, 5.74) is 1.44. The van der Waals surface area contributed by atoms with Crippen LogP contribution in [-0.4, -0.2) is 41.1 Å². The standard InChI is InChI=1S/C20H20N4O3S/c1-13-22-19-18(16(12-28-19)14-5-7-15(27-3)8-6-14)20(26)24(13)11-17(25)23(2)10-4-9-21/h5-8,12H,4,10-11H2,1-3H3. The molecule has 0 aliphatic carbocycles. The van der Waals surface area contributed by atoms with Gasteiger partial charge in [0.25, 0.3) is 5.56 Å². The highest BCUT2D eigenvalue weighted by molar-refractivity contribution is 7.17. The van der Waals surface area contributed by atoms with Crippen LogP contribution in [0.15, 0.2) is 34.4 Å². The predicted molar refractivity (Wildman–Crippen MR) is 108 cm³/mol. The van der Waals surface area contributed by atoms with E-state index in [-0.39, 0.29) is 24.4 Å². The molecule has 1 aromatic carbocycles. The minimum atomic E-state index is -0.239. The first-order valence-electron chi connectivity index (χ1n) is 8.70.